The molecule has 0 fully saturated rings. The van der Waals surface area contributed by atoms with Crippen LogP contribution in [0.15, 0.2) is 30.6 Å². The summed E-state index contributed by atoms with van der Waals surface area (Å²) in [5, 5.41) is 4.51. The van der Waals surface area contributed by atoms with Gasteiger partial charge in [-0.3, -0.25) is 4.68 Å². The molecule has 1 heterocycles. The van der Waals surface area contributed by atoms with Crippen molar-refractivity contribution < 1.29 is 9.13 Å². The molecule has 0 aliphatic heterocycles. The summed E-state index contributed by atoms with van der Waals surface area (Å²) in [5.41, 5.74) is 0.511. The van der Waals surface area contributed by atoms with E-state index in [1.54, 1.807) is 29.2 Å². The van der Waals surface area contributed by atoms with Crippen LogP contribution < -0.4 is 4.74 Å². The third kappa shape index (κ3) is 2.66. The van der Waals surface area contributed by atoms with Gasteiger partial charge >= 0.3 is 0 Å². The fourth-order valence-corrected chi connectivity index (χ4v) is 2.01. The number of aromatic nitrogens is 2. The summed E-state index contributed by atoms with van der Waals surface area (Å²) in [7, 11) is 0. The Morgan fingerprint density at radius 2 is 2.29 bits per heavy atom. The van der Waals surface area contributed by atoms with Gasteiger partial charge in [0.05, 0.1) is 12.4 Å². The van der Waals surface area contributed by atoms with E-state index in [1.165, 1.54) is 6.07 Å². The van der Waals surface area contributed by atoms with E-state index < -0.39 is 0 Å². The maximum atomic E-state index is 13.5. The second kappa shape index (κ2) is 5.31. The number of halogens is 2. The predicted molar refractivity (Wildman–Crippen MR) is 67.0 cm³/mol. The summed E-state index contributed by atoms with van der Waals surface area (Å²) < 4.78 is 20.9. The highest BCUT2D eigenvalue weighted by Crippen LogP contribution is 2.28. The Balaban J connectivity index is 2.26. The summed E-state index contributed by atoms with van der Waals surface area (Å²) in [6.45, 7) is 2.76. The molecule has 1 aromatic carbocycles. The Bertz CT molecular complexity index is 513. The second-order valence-corrected chi connectivity index (χ2v) is 4.04. The third-order valence-electron chi connectivity index (χ3n) is 2.37. The van der Waals surface area contributed by atoms with Gasteiger partial charge in [-0.15, -0.1) is 0 Å². The van der Waals surface area contributed by atoms with Crippen LogP contribution in [0.1, 0.15) is 12.5 Å². The monoisotopic (exact) mass is 298 g/mol. The molecule has 0 aliphatic carbocycles. The van der Waals surface area contributed by atoms with E-state index in [1.807, 2.05) is 6.92 Å². The van der Waals surface area contributed by atoms with Gasteiger partial charge < -0.3 is 4.74 Å². The predicted octanol–water partition coefficient (Wildman–Crippen LogP) is 3.73. The largest absolute Gasteiger partial charge is 0.454 e. The van der Waals surface area contributed by atoms with E-state index in [-0.39, 0.29) is 5.82 Å². The molecule has 5 heteroatoms. The number of aryl methyl sites for hydroxylation is 1. The van der Waals surface area contributed by atoms with Gasteiger partial charge in [-0.05, 0) is 19.1 Å². The summed E-state index contributed by atoms with van der Waals surface area (Å²) in [6.07, 6.45) is 3.40. The Labute approximate surface area is 107 Å². The molecule has 0 N–H and O–H groups in total. The van der Waals surface area contributed by atoms with Crippen LogP contribution in [0, 0.1) is 5.82 Å². The summed E-state index contributed by atoms with van der Waals surface area (Å²) in [6, 6.07) is 4.78. The van der Waals surface area contributed by atoms with E-state index in [0.717, 1.165) is 6.54 Å². The molecule has 0 saturated carbocycles. The zero-order valence-electron chi connectivity index (χ0n) is 9.36. The molecular formula is C12H12BrFN2O. The molecular weight excluding hydrogens is 287 g/mol. The first kappa shape index (κ1) is 12.1. The normalized spacial score (nSPS) is 10.5. The van der Waals surface area contributed by atoms with Gasteiger partial charge in [-0.25, -0.2) is 4.39 Å². The summed E-state index contributed by atoms with van der Waals surface area (Å²) in [5.74, 6) is 0.847. The van der Waals surface area contributed by atoms with Crippen molar-refractivity contribution in [2.75, 3.05) is 0 Å². The van der Waals surface area contributed by atoms with Gasteiger partial charge in [-0.2, -0.15) is 5.10 Å². The molecule has 1 aromatic heterocycles. The van der Waals surface area contributed by atoms with Crippen LogP contribution in [0.2, 0.25) is 0 Å². The van der Waals surface area contributed by atoms with Crippen molar-refractivity contribution >= 4 is 15.9 Å². The zero-order valence-corrected chi connectivity index (χ0v) is 10.9. The average Bonchev–Trinajstić information content (AvgIpc) is 2.77. The van der Waals surface area contributed by atoms with Gasteiger partial charge in [0, 0.05) is 17.4 Å². The number of rotatable bonds is 4. The first-order valence-corrected chi connectivity index (χ1v) is 6.40. The number of hydrogen-bond donors (Lipinski definition) is 0. The first-order chi connectivity index (χ1) is 8.24. The Hall–Kier alpha value is -1.36. The van der Waals surface area contributed by atoms with E-state index in [2.05, 4.69) is 21.0 Å². The van der Waals surface area contributed by atoms with Gasteiger partial charge in [0.15, 0.2) is 5.75 Å². The van der Waals surface area contributed by atoms with Crippen LogP contribution in [0.3, 0.4) is 0 Å². The maximum absolute atomic E-state index is 13.5. The molecule has 0 atom stereocenters. The van der Waals surface area contributed by atoms with E-state index >= 15 is 0 Å². The van der Waals surface area contributed by atoms with E-state index in [0.29, 0.717) is 22.4 Å². The van der Waals surface area contributed by atoms with Gasteiger partial charge in [-0.1, -0.05) is 22.0 Å². The van der Waals surface area contributed by atoms with Crippen molar-refractivity contribution in [2.45, 2.75) is 18.8 Å². The molecule has 0 spiro atoms. The minimum atomic E-state index is -0.276. The third-order valence-corrected chi connectivity index (χ3v) is 2.93. The molecule has 2 aromatic rings. The lowest BCUT2D eigenvalue weighted by Crippen LogP contribution is -1.93. The van der Waals surface area contributed by atoms with Crippen LogP contribution in [0.5, 0.6) is 11.5 Å². The van der Waals surface area contributed by atoms with Crippen molar-refractivity contribution in [3.05, 3.63) is 42.0 Å². The molecule has 0 bridgehead atoms. The summed E-state index contributed by atoms with van der Waals surface area (Å²) in [4.78, 5) is 0. The first-order valence-electron chi connectivity index (χ1n) is 5.28. The Morgan fingerprint density at radius 3 is 2.94 bits per heavy atom. The van der Waals surface area contributed by atoms with Crippen molar-refractivity contribution in [1.29, 1.82) is 0 Å². The average molecular weight is 299 g/mol. The maximum Gasteiger partial charge on any atom is 0.165 e. The van der Waals surface area contributed by atoms with Gasteiger partial charge in [0.2, 0.25) is 0 Å². The lowest BCUT2D eigenvalue weighted by molar-refractivity contribution is 0.469. The number of benzene rings is 1. The highest BCUT2D eigenvalue weighted by molar-refractivity contribution is 9.08. The van der Waals surface area contributed by atoms with Crippen LogP contribution in [-0.4, -0.2) is 9.78 Å². The standard InChI is InChI=1S/C12H12BrFN2O/c1-2-16-8-9(7-15-16)17-12-5-3-4-11(14)10(12)6-13/h3-5,7-8H,2,6H2,1H3. The van der Waals surface area contributed by atoms with Crippen LogP contribution in [-0.2, 0) is 11.9 Å². The minimum Gasteiger partial charge on any atom is -0.454 e. The van der Waals surface area contributed by atoms with E-state index in [9.17, 15) is 4.39 Å². The molecule has 0 saturated heterocycles. The minimum absolute atomic E-state index is 0.276. The van der Waals surface area contributed by atoms with Crippen molar-refractivity contribution in [2.24, 2.45) is 0 Å². The van der Waals surface area contributed by atoms with Crippen LogP contribution in [0.25, 0.3) is 0 Å². The molecule has 0 amide bonds. The fraction of sp³-hybridized carbons (Fsp3) is 0.250. The molecule has 0 radical (unpaired) electrons. The van der Waals surface area contributed by atoms with Crippen molar-refractivity contribution in [3.63, 3.8) is 0 Å². The highest BCUT2D eigenvalue weighted by Gasteiger charge is 2.09. The number of alkyl halides is 1. The quantitative estimate of drug-likeness (QED) is 0.804. The Morgan fingerprint density at radius 1 is 1.47 bits per heavy atom. The summed E-state index contributed by atoms with van der Waals surface area (Å²) >= 11 is 3.25. The van der Waals surface area contributed by atoms with Gasteiger partial charge in [0.1, 0.15) is 11.6 Å². The smallest absolute Gasteiger partial charge is 0.165 e. The number of ether oxygens (including phenoxy) is 1. The lowest BCUT2D eigenvalue weighted by Gasteiger charge is -2.08. The molecule has 0 unspecified atom stereocenters. The van der Waals surface area contributed by atoms with Crippen LogP contribution in [0.4, 0.5) is 4.39 Å². The van der Waals surface area contributed by atoms with Crippen LogP contribution >= 0.6 is 15.9 Å². The zero-order chi connectivity index (χ0) is 12.3. The van der Waals surface area contributed by atoms with E-state index in [4.69, 9.17) is 4.74 Å². The molecule has 2 rings (SSSR count). The SMILES string of the molecule is CCn1cc(Oc2cccc(F)c2CBr)cn1. The van der Waals surface area contributed by atoms with Crippen molar-refractivity contribution in [3.8, 4) is 11.5 Å². The molecule has 0 aliphatic rings. The molecule has 3 nitrogen and oxygen atoms in total. The van der Waals surface area contributed by atoms with Crippen molar-refractivity contribution in [1.82, 2.24) is 9.78 Å². The fourth-order valence-electron chi connectivity index (χ4n) is 1.46. The highest BCUT2D eigenvalue weighted by atomic mass is 79.9. The van der Waals surface area contributed by atoms with Gasteiger partial charge in [0.25, 0.3) is 0 Å². The topological polar surface area (TPSA) is 27.1 Å². The molecule has 90 valence electrons. The second-order valence-electron chi connectivity index (χ2n) is 3.48. The lowest BCUT2D eigenvalue weighted by atomic mass is 10.2. The Kier molecular flexibility index (Phi) is 3.78. The number of hydrogen-bond acceptors (Lipinski definition) is 2. The molecule has 17 heavy (non-hydrogen) atoms. The number of nitrogens with zero attached hydrogens (tertiary/aromatic N) is 2.